The van der Waals surface area contributed by atoms with Gasteiger partial charge in [-0.25, -0.2) is 9.59 Å². The predicted molar refractivity (Wildman–Crippen MR) is 93.2 cm³/mol. The molecule has 1 saturated heterocycles. The summed E-state index contributed by atoms with van der Waals surface area (Å²) in [6, 6.07) is 4.71. The number of hydrogen-bond acceptors (Lipinski definition) is 3. The van der Waals surface area contributed by atoms with Crippen LogP contribution in [-0.4, -0.2) is 45.6 Å². The van der Waals surface area contributed by atoms with Crippen LogP contribution in [0.25, 0.3) is 0 Å². The molecule has 114 valence electrons. The van der Waals surface area contributed by atoms with E-state index in [1.165, 1.54) is 0 Å². The number of nitrogens with zero attached hydrogens (tertiary/aromatic N) is 1. The molecular formula is C14H17IN2O3S. The summed E-state index contributed by atoms with van der Waals surface area (Å²) in [6.07, 6.45) is 0. The lowest BCUT2D eigenvalue weighted by Crippen LogP contribution is -2.47. The van der Waals surface area contributed by atoms with Crippen LogP contribution in [0.5, 0.6) is 0 Å². The highest BCUT2D eigenvalue weighted by molar-refractivity contribution is 14.1. The van der Waals surface area contributed by atoms with Gasteiger partial charge in [0.1, 0.15) is 0 Å². The van der Waals surface area contributed by atoms with E-state index in [0.29, 0.717) is 18.8 Å². The Kier molecular flexibility index (Phi) is 5.03. The van der Waals surface area contributed by atoms with Crippen LogP contribution in [0.4, 0.5) is 10.5 Å². The second-order valence-electron chi connectivity index (χ2n) is 5.45. The van der Waals surface area contributed by atoms with Gasteiger partial charge >= 0.3 is 12.0 Å². The van der Waals surface area contributed by atoms with Crippen molar-refractivity contribution in [1.82, 2.24) is 4.90 Å². The first-order valence-electron chi connectivity index (χ1n) is 6.51. The summed E-state index contributed by atoms with van der Waals surface area (Å²) in [6.45, 7) is 5.53. The molecule has 0 bridgehead atoms. The Morgan fingerprint density at radius 3 is 2.76 bits per heavy atom. The molecule has 1 fully saturated rings. The van der Waals surface area contributed by atoms with E-state index < -0.39 is 5.97 Å². The van der Waals surface area contributed by atoms with Crippen LogP contribution in [0.15, 0.2) is 18.2 Å². The van der Waals surface area contributed by atoms with Gasteiger partial charge in [-0.05, 0) is 54.6 Å². The summed E-state index contributed by atoms with van der Waals surface area (Å²) < 4.78 is 0.843. The van der Waals surface area contributed by atoms with Crippen molar-refractivity contribution in [3.63, 3.8) is 0 Å². The van der Waals surface area contributed by atoms with Crippen LogP contribution in [0.2, 0.25) is 0 Å². The number of carboxylic acid groups (broad SMARTS) is 1. The number of hydrogen-bond donors (Lipinski definition) is 2. The Balaban J connectivity index is 2.14. The van der Waals surface area contributed by atoms with Crippen LogP contribution < -0.4 is 5.32 Å². The summed E-state index contributed by atoms with van der Waals surface area (Å²) in [7, 11) is 0. The lowest BCUT2D eigenvalue weighted by atomic mass is 10.1. The topological polar surface area (TPSA) is 69.6 Å². The minimum atomic E-state index is -1.04. The van der Waals surface area contributed by atoms with Gasteiger partial charge in [-0.15, -0.1) is 0 Å². The third-order valence-corrected chi connectivity index (χ3v) is 5.13. The van der Waals surface area contributed by atoms with E-state index in [4.69, 9.17) is 0 Å². The lowest BCUT2D eigenvalue weighted by Gasteiger charge is -2.37. The minimum Gasteiger partial charge on any atom is -0.478 e. The molecule has 0 unspecified atom stereocenters. The third kappa shape index (κ3) is 4.26. The highest BCUT2D eigenvalue weighted by Gasteiger charge is 2.30. The van der Waals surface area contributed by atoms with Gasteiger partial charge in [-0.1, -0.05) is 0 Å². The normalized spacial score (nSPS) is 17.4. The van der Waals surface area contributed by atoms with Crippen LogP contribution >= 0.6 is 34.4 Å². The standard InChI is InChI=1S/C14H17IN2O3S/c1-14(2)8-17(5-6-21-14)13(20)16-11-4-3-9(15)7-10(11)12(18)19/h3-4,7H,5-6,8H2,1-2H3,(H,16,20)(H,18,19). The van der Waals surface area contributed by atoms with Gasteiger partial charge in [0.2, 0.25) is 0 Å². The first-order chi connectivity index (χ1) is 9.78. The Bertz CT molecular complexity index is 577. The Hall–Kier alpha value is -0.960. The van der Waals surface area contributed by atoms with E-state index in [9.17, 15) is 14.7 Å². The molecule has 0 aromatic heterocycles. The molecule has 7 heteroatoms. The van der Waals surface area contributed by atoms with Gasteiger partial charge in [-0.3, -0.25) is 0 Å². The summed E-state index contributed by atoms with van der Waals surface area (Å²) in [5, 5.41) is 11.9. The van der Waals surface area contributed by atoms with Gasteiger partial charge in [0, 0.05) is 27.2 Å². The summed E-state index contributed by atoms with van der Waals surface area (Å²) in [4.78, 5) is 25.3. The molecule has 0 aliphatic carbocycles. The second-order valence-corrected chi connectivity index (χ2v) is 8.50. The van der Waals surface area contributed by atoms with Gasteiger partial charge in [0.15, 0.2) is 0 Å². The number of rotatable bonds is 2. The number of aromatic carboxylic acids is 1. The number of carbonyl (C=O) groups is 2. The molecule has 1 aliphatic heterocycles. The number of nitrogens with one attached hydrogen (secondary N) is 1. The largest absolute Gasteiger partial charge is 0.478 e. The predicted octanol–water partition coefficient (Wildman–Crippen LogP) is 3.35. The molecule has 0 atom stereocenters. The maximum atomic E-state index is 12.3. The fraction of sp³-hybridized carbons (Fsp3) is 0.429. The van der Waals surface area contributed by atoms with Crippen molar-refractivity contribution in [3.05, 3.63) is 27.3 Å². The SMILES string of the molecule is CC1(C)CN(C(=O)Nc2ccc(I)cc2C(=O)O)CCS1. The molecule has 5 nitrogen and oxygen atoms in total. The average molecular weight is 420 g/mol. The fourth-order valence-corrected chi connectivity index (χ4v) is 3.79. The summed E-state index contributed by atoms with van der Waals surface area (Å²) in [5.74, 6) is -0.155. The summed E-state index contributed by atoms with van der Waals surface area (Å²) >= 11 is 3.89. The smallest absolute Gasteiger partial charge is 0.337 e. The molecule has 0 spiro atoms. The molecule has 1 aromatic rings. The van der Waals surface area contributed by atoms with Crippen molar-refractivity contribution in [2.24, 2.45) is 0 Å². The van der Waals surface area contributed by atoms with E-state index in [2.05, 4.69) is 19.2 Å². The Labute approximate surface area is 141 Å². The van der Waals surface area contributed by atoms with Crippen molar-refractivity contribution >= 4 is 52.0 Å². The molecule has 0 saturated carbocycles. The van der Waals surface area contributed by atoms with Crippen molar-refractivity contribution in [2.45, 2.75) is 18.6 Å². The van der Waals surface area contributed by atoms with Gasteiger partial charge in [0.05, 0.1) is 11.3 Å². The molecule has 2 N–H and O–H groups in total. The number of carbonyl (C=O) groups excluding carboxylic acids is 1. The van der Waals surface area contributed by atoms with E-state index in [1.807, 2.05) is 34.4 Å². The molecule has 1 aliphatic rings. The van der Waals surface area contributed by atoms with Gasteiger partial charge in [0.25, 0.3) is 0 Å². The summed E-state index contributed by atoms with van der Waals surface area (Å²) in [5.41, 5.74) is 0.449. The minimum absolute atomic E-state index is 0.0251. The number of carboxylic acids is 1. The number of halogens is 1. The van der Waals surface area contributed by atoms with Crippen LogP contribution in [0.3, 0.4) is 0 Å². The molecule has 0 radical (unpaired) electrons. The van der Waals surface area contributed by atoms with E-state index >= 15 is 0 Å². The fourth-order valence-electron chi connectivity index (χ4n) is 2.19. The van der Waals surface area contributed by atoms with E-state index in [1.54, 1.807) is 23.1 Å². The van der Waals surface area contributed by atoms with Crippen LogP contribution in [0, 0.1) is 3.57 Å². The number of amides is 2. The van der Waals surface area contributed by atoms with Crippen molar-refractivity contribution in [1.29, 1.82) is 0 Å². The zero-order valence-corrected chi connectivity index (χ0v) is 14.8. The number of anilines is 1. The third-order valence-electron chi connectivity index (χ3n) is 3.17. The van der Waals surface area contributed by atoms with Crippen molar-refractivity contribution in [3.8, 4) is 0 Å². The maximum Gasteiger partial charge on any atom is 0.337 e. The highest BCUT2D eigenvalue weighted by Crippen LogP contribution is 2.30. The van der Waals surface area contributed by atoms with Crippen molar-refractivity contribution in [2.75, 3.05) is 24.2 Å². The first-order valence-corrected chi connectivity index (χ1v) is 8.58. The van der Waals surface area contributed by atoms with E-state index in [0.717, 1.165) is 9.32 Å². The molecule has 2 rings (SSSR count). The molecular weight excluding hydrogens is 403 g/mol. The monoisotopic (exact) mass is 420 g/mol. The molecule has 2 amide bonds. The molecule has 1 aromatic carbocycles. The van der Waals surface area contributed by atoms with Crippen molar-refractivity contribution < 1.29 is 14.7 Å². The van der Waals surface area contributed by atoms with E-state index in [-0.39, 0.29) is 16.3 Å². The lowest BCUT2D eigenvalue weighted by molar-refractivity contribution is 0.0698. The van der Waals surface area contributed by atoms with Gasteiger partial charge < -0.3 is 15.3 Å². The quantitative estimate of drug-likeness (QED) is 0.721. The zero-order valence-electron chi connectivity index (χ0n) is 11.9. The first kappa shape index (κ1) is 16.4. The Morgan fingerprint density at radius 1 is 1.43 bits per heavy atom. The maximum absolute atomic E-state index is 12.3. The number of benzene rings is 1. The Morgan fingerprint density at radius 2 is 2.14 bits per heavy atom. The second kappa shape index (κ2) is 6.43. The zero-order chi connectivity index (χ0) is 15.6. The molecule has 1 heterocycles. The number of thioether (sulfide) groups is 1. The van der Waals surface area contributed by atoms with Crippen LogP contribution in [-0.2, 0) is 0 Å². The molecule has 21 heavy (non-hydrogen) atoms. The van der Waals surface area contributed by atoms with Crippen LogP contribution in [0.1, 0.15) is 24.2 Å². The highest BCUT2D eigenvalue weighted by atomic mass is 127. The number of urea groups is 1. The van der Waals surface area contributed by atoms with Gasteiger partial charge in [-0.2, -0.15) is 11.8 Å². The average Bonchev–Trinajstić information content (AvgIpc) is 2.39.